The Labute approximate surface area is 197 Å². The maximum Gasteiger partial charge on any atom is 0.242 e. The molecule has 162 valence electrons. The van der Waals surface area contributed by atoms with Crippen LogP contribution in [0.2, 0.25) is 20.1 Å². The number of amides is 2. The van der Waals surface area contributed by atoms with Gasteiger partial charge in [0.05, 0.1) is 6.42 Å². The topological polar surface area (TPSA) is 49.4 Å². The molecule has 30 heavy (non-hydrogen) atoms. The molecule has 0 spiro atoms. The number of rotatable bonds is 6. The van der Waals surface area contributed by atoms with Crippen LogP contribution in [0.1, 0.15) is 38.8 Å². The van der Waals surface area contributed by atoms with Crippen LogP contribution in [0.5, 0.6) is 0 Å². The van der Waals surface area contributed by atoms with E-state index in [9.17, 15) is 9.59 Å². The van der Waals surface area contributed by atoms with E-state index in [2.05, 4.69) is 5.32 Å². The largest absolute Gasteiger partial charge is 0.350 e. The Morgan fingerprint density at radius 1 is 0.933 bits per heavy atom. The number of benzene rings is 2. The van der Waals surface area contributed by atoms with Crippen molar-refractivity contribution in [3.8, 4) is 0 Å². The summed E-state index contributed by atoms with van der Waals surface area (Å²) in [5.74, 6) is -0.523. The molecule has 0 bridgehead atoms. The van der Waals surface area contributed by atoms with Gasteiger partial charge < -0.3 is 10.2 Å². The fourth-order valence-electron chi connectivity index (χ4n) is 2.82. The highest BCUT2D eigenvalue weighted by Gasteiger charge is 2.29. The summed E-state index contributed by atoms with van der Waals surface area (Å²) in [5.41, 5.74) is 0.881. The Morgan fingerprint density at radius 3 is 1.90 bits per heavy atom. The van der Waals surface area contributed by atoms with Crippen molar-refractivity contribution in [2.24, 2.45) is 0 Å². The second-order valence-electron chi connectivity index (χ2n) is 8.09. The molecule has 0 fully saturated rings. The van der Waals surface area contributed by atoms with E-state index >= 15 is 0 Å². The summed E-state index contributed by atoms with van der Waals surface area (Å²) in [6.07, 6.45) is 0.0222. The first-order valence-corrected chi connectivity index (χ1v) is 10.9. The Bertz CT molecular complexity index is 941. The van der Waals surface area contributed by atoms with Crippen LogP contribution in [-0.4, -0.2) is 28.3 Å². The van der Waals surface area contributed by atoms with Crippen LogP contribution < -0.4 is 5.32 Å². The molecular formula is C22H24Cl4N2O2. The first-order valence-electron chi connectivity index (χ1n) is 9.36. The van der Waals surface area contributed by atoms with Gasteiger partial charge in [0.25, 0.3) is 0 Å². The molecule has 2 amide bonds. The fraction of sp³-hybridized carbons (Fsp3) is 0.364. The molecule has 1 N–H and O–H groups in total. The summed E-state index contributed by atoms with van der Waals surface area (Å²) in [6.45, 7) is 7.49. The summed E-state index contributed by atoms with van der Waals surface area (Å²) in [5, 5.41) is 4.71. The minimum Gasteiger partial charge on any atom is -0.350 e. The monoisotopic (exact) mass is 488 g/mol. The smallest absolute Gasteiger partial charge is 0.242 e. The van der Waals surface area contributed by atoms with Crippen LogP contribution in [0.4, 0.5) is 0 Å². The lowest BCUT2D eigenvalue weighted by atomic mass is 10.1. The number of carbonyl (C=O) groups excluding carboxylic acids is 2. The second kappa shape index (κ2) is 10.2. The van der Waals surface area contributed by atoms with Gasteiger partial charge in [-0.05, 0) is 63.1 Å². The number of carbonyl (C=O) groups is 2. The Morgan fingerprint density at radius 2 is 1.43 bits per heavy atom. The van der Waals surface area contributed by atoms with Crippen molar-refractivity contribution in [3.63, 3.8) is 0 Å². The second-order valence-corrected chi connectivity index (χ2v) is 9.77. The molecule has 0 aliphatic carbocycles. The average molecular weight is 490 g/mol. The maximum atomic E-state index is 13.2. The van der Waals surface area contributed by atoms with E-state index < -0.39 is 11.6 Å². The molecule has 0 aliphatic heterocycles. The maximum absolute atomic E-state index is 13.2. The third-order valence-corrected chi connectivity index (χ3v) is 5.55. The Hall–Kier alpha value is -1.46. The Balaban J connectivity index is 2.33. The first kappa shape index (κ1) is 24.8. The molecule has 4 nitrogen and oxygen atoms in total. The number of hydrogen-bond acceptors (Lipinski definition) is 2. The molecule has 2 aromatic carbocycles. The van der Waals surface area contributed by atoms with E-state index in [4.69, 9.17) is 46.4 Å². The van der Waals surface area contributed by atoms with Crippen LogP contribution in [0.3, 0.4) is 0 Å². The lowest BCUT2D eigenvalue weighted by molar-refractivity contribution is -0.140. The minimum absolute atomic E-state index is 0.0222. The standard InChI is InChI=1S/C22H24Cl4N2O2/c1-13(21(30)27-22(2,3)4)28(12-15-6-8-17(24)11-19(15)26)20(29)9-14-5-7-16(23)10-18(14)25/h5-8,10-11,13H,9,12H2,1-4H3,(H,27,30)/t13-/m0/s1. The van der Waals surface area contributed by atoms with E-state index in [1.807, 2.05) is 20.8 Å². The summed E-state index contributed by atoms with van der Waals surface area (Å²) < 4.78 is 0. The predicted molar refractivity (Wildman–Crippen MR) is 125 cm³/mol. The molecule has 8 heteroatoms. The van der Waals surface area contributed by atoms with Crippen molar-refractivity contribution >= 4 is 58.2 Å². The SMILES string of the molecule is C[C@@H](C(=O)NC(C)(C)C)N(Cc1ccc(Cl)cc1Cl)C(=O)Cc1ccc(Cl)cc1Cl. The molecule has 0 saturated carbocycles. The van der Waals surface area contributed by atoms with Crippen molar-refractivity contribution in [3.05, 3.63) is 67.6 Å². The summed E-state index contributed by atoms with van der Waals surface area (Å²) in [6, 6.07) is 9.28. The lowest BCUT2D eigenvalue weighted by Gasteiger charge is -2.32. The van der Waals surface area contributed by atoms with Gasteiger partial charge >= 0.3 is 0 Å². The van der Waals surface area contributed by atoms with Crippen LogP contribution in [0, 0.1) is 0 Å². The van der Waals surface area contributed by atoms with E-state index in [1.165, 1.54) is 4.90 Å². The van der Waals surface area contributed by atoms with Crippen molar-refractivity contribution in [2.45, 2.75) is 52.2 Å². The summed E-state index contributed by atoms with van der Waals surface area (Å²) >= 11 is 24.5. The van der Waals surface area contributed by atoms with E-state index in [-0.39, 0.29) is 24.8 Å². The normalized spacial score (nSPS) is 12.4. The van der Waals surface area contributed by atoms with Crippen molar-refractivity contribution in [1.29, 1.82) is 0 Å². The van der Waals surface area contributed by atoms with Gasteiger partial charge in [0.2, 0.25) is 11.8 Å². The van der Waals surface area contributed by atoms with Gasteiger partial charge in [-0.15, -0.1) is 0 Å². The third-order valence-electron chi connectivity index (χ3n) is 4.38. The van der Waals surface area contributed by atoms with E-state index in [0.717, 1.165) is 0 Å². The number of halogens is 4. The van der Waals surface area contributed by atoms with Gasteiger partial charge in [0.15, 0.2) is 0 Å². The molecule has 1 atom stereocenters. The quantitative estimate of drug-likeness (QED) is 0.527. The van der Waals surface area contributed by atoms with Crippen molar-refractivity contribution in [2.75, 3.05) is 0 Å². The molecule has 0 radical (unpaired) electrons. The van der Waals surface area contributed by atoms with Gasteiger partial charge in [-0.1, -0.05) is 58.5 Å². The number of hydrogen-bond donors (Lipinski definition) is 1. The molecule has 0 heterocycles. The van der Waals surface area contributed by atoms with Gasteiger partial charge in [0, 0.05) is 32.2 Å². The van der Waals surface area contributed by atoms with E-state index in [0.29, 0.717) is 31.2 Å². The van der Waals surface area contributed by atoms with Crippen LogP contribution >= 0.6 is 46.4 Å². The summed E-state index contributed by atoms with van der Waals surface area (Å²) in [4.78, 5) is 27.5. The molecule has 0 unspecified atom stereocenters. The molecule has 0 aliphatic rings. The fourth-order valence-corrected chi connectivity index (χ4v) is 3.76. The van der Waals surface area contributed by atoms with Crippen LogP contribution in [-0.2, 0) is 22.6 Å². The Kier molecular flexibility index (Phi) is 8.46. The highest BCUT2D eigenvalue weighted by Crippen LogP contribution is 2.25. The van der Waals surface area contributed by atoms with Gasteiger partial charge in [-0.2, -0.15) is 0 Å². The zero-order valence-corrected chi connectivity index (χ0v) is 20.3. The van der Waals surface area contributed by atoms with Crippen LogP contribution in [0.25, 0.3) is 0 Å². The third kappa shape index (κ3) is 7.05. The zero-order chi connectivity index (χ0) is 22.6. The molecule has 2 aromatic rings. The van der Waals surface area contributed by atoms with Crippen molar-refractivity contribution in [1.82, 2.24) is 10.2 Å². The number of nitrogens with zero attached hydrogens (tertiary/aromatic N) is 1. The molecule has 0 aromatic heterocycles. The minimum atomic E-state index is -0.727. The van der Waals surface area contributed by atoms with Gasteiger partial charge in [-0.3, -0.25) is 9.59 Å². The predicted octanol–water partition coefficient (Wildman–Crippen LogP) is 6.17. The highest BCUT2D eigenvalue weighted by molar-refractivity contribution is 6.35. The summed E-state index contributed by atoms with van der Waals surface area (Å²) in [7, 11) is 0. The number of nitrogens with one attached hydrogen (secondary N) is 1. The van der Waals surface area contributed by atoms with Crippen LogP contribution in [0.15, 0.2) is 36.4 Å². The first-order chi connectivity index (χ1) is 13.9. The van der Waals surface area contributed by atoms with E-state index in [1.54, 1.807) is 43.3 Å². The lowest BCUT2D eigenvalue weighted by Crippen LogP contribution is -2.52. The molecule has 0 saturated heterocycles. The highest BCUT2D eigenvalue weighted by atomic mass is 35.5. The average Bonchev–Trinajstić information content (AvgIpc) is 2.61. The van der Waals surface area contributed by atoms with Gasteiger partial charge in [0.1, 0.15) is 6.04 Å². The molecule has 2 rings (SSSR count). The zero-order valence-electron chi connectivity index (χ0n) is 17.2. The van der Waals surface area contributed by atoms with Crippen molar-refractivity contribution < 1.29 is 9.59 Å². The van der Waals surface area contributed by atoms with Gasteiger partial charge in [-0.25, -0.2) is 0 Å². The molecular weight excluding hydrogens is 466 g/mol.